The van der Waals surface area contributed by atoms with E-state index in [1.54, 1.807) is 22.7 Å². The van der Waals surface area contributed by atoms with E-state index in [1.807, 2.05) is 36.3 Å². The van der Waals surface area contributed by atoms with Gasteiger partial charge in [-0.1, -0.05) is 0 Å². The minimum Gasteiger partial charge on any atom is -0.483 e. The van der Waals surface area contributed by atoms with Crippen molar-refractivity contribution in [3.63, 3.8) is 0 Å². The number of thiophene rings is 1. The van der Waals surface area contributed by atoms with Crippen molar-refractivity contribution in [1.29, 1.82) is 0 Å². The number of hydrogen-bond acceptors (Lipinski definition) is 7. The Bertz CT molecular complexity index is 1130. The molecule has 0 radical (unpaired) electrons. The van der Waals surface area contributed by atoms with Crippen molar-refractivity contribution in [3.05, 3.63) is 22.5 Å². The van der Waals surface area contributed by atoms with Crippen LogP contribution in [0.1, 0.15) is 24.8 Å². The molecule has 164 valence electrons. The Kier molecular flexibility index (Phi) is 5.58. The van der Waals surface area contributed by atoms with Crippen LogP contribution >= 0.6 is 22.7 Å². The SMILES string of the molecule is Cc1nc2c(cc(OCC(=O)N3CCN(C(C)C(=O)NC4CC4)CC3)c3ccsc32)s1. The highest BCUT2D eigenvalue weighted by Gasteiger charge is 2.31. The van der Waals surface area contributed by atoms with Crippen LogP contribution in [-0.2, 0) is 9.59 Å². The molecule has 9 heteroatoms. The van der Waals surface area contributed by atoms with Crippen molar-refractivity contribution in [3.8, 4) is 5.75 Å². The Hall–Kier alpha value is -2.23. The molecule has 1 atom stereocenters. The van der Waals surface area contributed by atoms with Crippen LogP contribution in [0.5, 0.6) is 5.75 Å². The van der Waals surface area contributed by atoms with E-state index >= 15 is 0 Å². The number of thiazole rings is 1. The number of nitrogens with one attached hydrogen (secondary N) is 1. The van der Waals surface area contributed by atoms with Gasteiger partial charge >= 0.3 is 0 Å². The number of amides is 2. The van der Waals surface area contributed by atoms with Gasteiger partial charge in [-0.2, -0.15) is 0 Å². The lowest BCUT2D eigenvalue weighted by atomic mass is 10.2. The molecule has 2 aromatic heterocycles. The summed E-state index contributed by atoms with van der Waals surface area (Å²) in [6.07, 6.45) is 2.18. The Morgan fingerprint density at radius 1 is 1.29 bits per heavy atom. The number of fused-ring (bicyclic) bond motifs is 3. The maximum Gasteiger partial charge on any atom is 0.260 e. The predicted octanol–water partition coefficient (Wildman–Crippen LogP) is 3.01. The van der Waals surface area contributed by atoms with Gasteiger partial charge in [0.05, 0.1) is 26.0 Å². The minimum absolute atomic E-state index is 0.0151. The molecule has 7 nitrogen and oxygen atoms in total. The molecule has 0 spiro atoms. The molecule has 2 aliphatic rings. The second-order valence-corrected chi connectivity index (χ2v) is 10.4. The molecule has 1 unspecified atom stereocenters. The van der Waals surface area contributed by atoms with E-state index in [0.29, 0.717) is 32.2 Å². The fraction of sp³-hybridized carbons (Fsp3) is 0.500. The molecule has 0 bridgehead atoms. The number of carbonyl (C=O) groups excluding carboxylic acids is 2. The molecule has 1 N–H and O–H groups in total. The van der Waals surface area contributed by atoms with E-state index < -0.39 is 0 Å². The first-order valence-electron chi connectivity index (χ1n) is 10.7. The Balaban J connectivity index is 1.18. The lowest BCUT2D eigenvalue weighted by Gasteiger charge is -2.37. The summed E-state index contributed by atoms with van der Waals surface area (Å²) in [6, 6.07) is 4.25. The van der Waals surface area contributed by atoms with Gasteiger partial charge in [0.15, 0.2) is 6.61 Å². The third kappa shape index (κ3) is 4.26. The molecule has 1 saturated heterocycles. The zero-order chi connectivity index (χ0) is 21.5. The largest absolute Gasteiger partial charge is 0.483 e. The molecule has 3 heterocycles. The van der Waals surface area contributed by atoms with Crippen LogP contribution in [0.15, 0.2) is 17.5 Å². The van der Waals surface area contributed by atoms with Gasteiger partial charge in [-0.25, -0.2) is 4.98 Å². The highest BCUT2D eigenvalue weighted by atomic mass is 32.1. The summed E-state index contributed by atoms with van der Waals surface area (Å²) in [5.74, 6) is 0.822. The van der Waals surface area contributed by atoms with E-state index in [9.17, 15) is 9.59 Å². The van der Waals surface area contributed by atoms with Gasteiger partial charge in [-0.05, 0) is 38.1 Å². The molecule has 5 rings (SSSR count). The number of hydrogen-bond donors (Lipinski definition) is 1. The number of rotatable bonds is 6. The Morgan fingerprint density at radius 2 is 2.06 bits per heavy atom. The van der Waals surface area contributed by atoms with Gasteiger partial charge in [0, 0.05) is 43.7 Å². The van der Waals surface area contributed by atoms with Crippen molar-refractivity contribution in [1.82, 2.24) is 20.1 Å². The van der Waals surface area contributed by atoms with Crippen LogP contribution in [-0.4, -0.2) is 71.5 Å². The average Bonchev–Trinajstić information content (AvgIpc) is 3.29. The third-order valence-corrected chi connectivity index (χ3v) is 7.88. The Morgan fingerprint density at radius 3 is 2.81 bits per heavy atom. The number of aryl methyl sites for hydroxylation is 1. The number of aromatic nitrogens is 1. The average molecular weight is 459 g/mol. The van der Waals surface area contributed by atoms with Crippen LogP contribution < -0.4 is 10.1 Å². The monoisotopic (exact) mass is 458 g/mol. The fourth-order valence-electron chi connectivity index (χ4n) is 4.01. The highest BCUT2D eigenvalue weighted by molar-refractivity contribution is 7.21. The van der Waals surface area contributed by atoms with E-state index in [-0.39, 0.29) is 24.5 Å². The van der Waals surface area contributed by atoms with Gasteiger partial charge in [0.1, 0.15) is 5.75 Å². The number of benzene rings is 1. The third-order valence-electron chi connectivity index (χ3n) is 6.04. The molecule has 3 aromatic rings. The fourth-order valence-corrected chi connectivity index (χ4v) is 5.84. The lowest BCUT2D eigenvalue weighted by molar-refractivity contribution is -0.136. The van der Waals surface area contributed by atoms with Gasteiger partial charge in [-0.3, -0.25) is 14.5 Å². The quantitative estimate of drug-likeness (QED) is 0.615. The van der Waals surface area contributed by atoms with E-state index in [1.165, 1.54) is 0 Å². The molecule has 1 aliphatic carbocycles. The smallest absolute Gasteiger partial charge is 0.260 e. The molecule has 1 aromatic carbocycles. The van der Waals surface area contributed by atoms with E-state index in [2.05, 4.69) is 15.2 Å². The van der Waals surface area contributed by atoms with Crippen LogP contribution in [0.3, 0.4) is 0 Å². The van der Waals surface area contributed by atoms with Crippen molar-refractivity contribution in [2.24, 2.45) is 0 Å². The number of ether oxygens (including phenoxy) is 1. The first-order chi connectivity index (χ1) is 15.0. The zero-order valence-electron chi connectivity index (χ0n) is 17.7. The first-order valence-corrected chi connectivity index (χ1v) is 12.4. The Labute approximate surface area is 189 Å². The van der Waals surface area contributed by atoms with Crippen LogP contribution in [0.2, 0.25) is 0 Å². The normalized spacial score (nSPS) is 18.5. The summed E-state index contributed by atoms with van der Waals surface area (Å²) in [6.45, 7) is 6.60. The second-order valence-electron chi connectivity index (χ2n) is 8.28. The highest BCUT2D eigenvalue weighted by Crippen LogP contribution is 2.38. The standard InChI is InChI=1S/C22H26N4O3S2/c1-13(22(28)24-15-3-4-15)25-6-8-26(9-7-25)19(27)12-29-17-11-18-20(23-14(2)31-18)21-16(17)5-10-30-21/h5,10-11,13,15H,3-4,6-9,12H2,1-2H3,(H,24,28). The summed E-state index contributed by atoms with van der Waals surface area (Å²) in [5, 5.41) is 7.13. The summed E-state index contributed by atoms with van der Waals surface area (Å²) in [7, 11) is 0. The molecular formula is C22H26N4O3S2. The predicted molar refractivity (Wildman–Crippen MR) is 124 cm³/mol. The molecule has 1 aliphatic heterocycles. The van der Waals surface area contributed by atoms with Crippen LogP contribution in [0, 0.1) is 6.92 Å². The maximum atomic E-state index is 12.8. The summed E-state index contributed by atoms with van der Waals surface area (Å²) in [5.41, 5.74) is 1.02. The van der Waals surface area contributed by atoms with E-state index in [4.69, 9.17) is 4.74 Å². The zero-order valence-corrected chi connectivity index (χ0v) is 19.4. The van der Waals surface area contributed by atoms with Gasteiger partial charge in [0.25, 0.3) is 5.91 Å². The molecular weight excluding hydrogens is 432 g/mol. The van der Waals surface area contributed by atoms with Gasteiger partial charge < -0.3 is 15.0 Å². The molecule has 1 saturated carbocycles. The maximum absolute atomic E-state index is 12.8. The van der Waals surface area contributed by atoms with Crippen LogP contribution in [0.4, 0.5) is 0 Å². The van der Waals surface area contributed by atoms with Crippen molar-refractivity contribution in [2.75, 3.05) is 32.8 Å². The summed E-state index contributed by atoms with van der Waals surface area (Å²) in [4.78, 5) is 33.7. The molecule has 2 fully saturated rings. The van der Waals surface area contributed by atoms with Crippen molar-refractivity contribution < 1.29 is 14.3 Å². The van der Waals surface area contributed by atoms with Crippen molar-refractivity contribution >= 4 is 54.8 Å². The number of nitrogens with zero attached hydrogens (tertiary/aromatic N) is 3. The van der Waals surface area contributed by atoms with Gasteiger partial charge in [0.2, 0.25) is 5.91 Å². The number of piperazine rings is 1. The first kappa shape index (κ1) is 20.7. The molecule has 31 heavy (non-hydrogen) atoms. The minimum atomic E-state index is -0.157. The topological polar surface area (TPSA) is 74.8 Å². The van der Waals surface area contributed by atoms with Crippen molar-refractivity contribution in [2.45, 2.75) is 38.8 Å². The van der Waals surface area contributed by atoms with Gasteiger partial charge in [-0.15, -0.1) is 22.7 Å². The second kappa shape index (κ2) is 8.37. The number of carbonyl (C=O) groups is 2. The lowest BCUT2D eigenvalue weighted by Crippen LogP contribution is -2.55. The summed E-state index contributed by atoms with van der Waals surface area (Å²) < 4.78 is 8.18. The molecule has 2 amide bonds. The van der Waals surface area contributed by atoms with Crippen LogP contribution in [0.25, 0.3) is 20.3 Å². The summed E-state index contributed by atoms with van der Waals surface area (Å²) >= 11 is 3.29. The van der Waals surface area contributed by atoms with E-state index in [0.717, 1.165) is 43.9 Å².